The maximum atomic E-state index is 4.93. The van der Waals surface area contributed by atoms with Crippen LogP contribution in [-0.4, -0.2) is 24.3 Å². The first-order chi connectivity index (χ1) is 4.34. The second-order valence-corrected chi connectivity index (χ2v) is 2.20. The largest absolute Gasteiger partial charge is 0.378 e. The Morgan fingerprint density at radius 3 is 3.11 bits per heavy atom. The van der Waals surface area contributed by atoms with Crippen molar-refractivity contribution >= 4 is 22.9 Å². The summed E-state index contributed by atoms with van der Waals surface area (Å²) < 4.78 is 0. The van der Waals surface area contributed by atoms with Crippen LogP contribution in [0, 0.1) is 0 Å². The van der Waals surface area contributed by atoms with Crippen molar-refractivity contribution in [2.24, 2.45) is 5.10 Å². The second kappa shape index (κ2) is 2.77. The zero-order chi connectivity index (χ0) is 6.69. The predicted molar refractivity (Wildman–Crippen MR) is 41.7 cm³/mol. The quantitative estimate of drug-likeness (QED) is 0.502. The molecule has 0 aromatic heterocycles. The molecular weight excluding hydrogens is 134 g/mol. The number of thiocarbonyl (C=S) groups is 1. The van der Waals surface area contributed by atoms with Gasteiger partial charge in [0.1, 0.15) is 4.99 Å². The Morgan fingerprint density at radius 2 is 2.67 bits per heavy atom. The number of hydrazone groups is 1. The van der Waals surface area contributed by atoms with E-state index in [4.69, 9.17) is 12.2 Å². The molecule has 0 saturated heterocycles. The summed E-state index contributed by atoms with van der Waals surface area (Å²) in [6, 6.07) is 0. The summed E-state index contributed by atoms with van der Waals surface area (Å²) in [4.78, 5) is 0.750. The molecule has 4 heteroatoms. The zero-order valence-corrected chi connectivity index (χ0v) is 6.09. The maximum absolute atomic E-state index is 4.93. The molecule has 3 nitrogen and oxygen atoms in total. The van der Waals surface area contributed by atoms with Crippen molar-refractivity contribution in [2.75, 3.05) is 13.6 Å². The lowest BCUT2D eigenvalue weighted by Gasteiger charge is -1.97. The van der Waals surface area contributed by atoms with E-state index in [9.17, 15) is 0 Å². The van der Waals surface area contributed by atoms with Gasteiger partial charge in [-0.25, -0.2) is 0 Å². The minimum absolute atomic E-state index is 0.750. The summed E-state index contributed by atoms with van der Waals surface area (Å²) in [5.74, 6) is 0. The zero-order valence-electron chi connectivity index (χ0n) is 5.27. The first-order valence-corrected chi connectivity index (χ1v) is 3.27. The Kier molecular flexibility index (Phi) is 2.00. The normalized spacial score (nSPS) is 16.3. The molecule has 0 aromatic rings. The van der Waals surface area contributed by atoms with E-state index in [1.807, 2.05) is 7.05 Å². The highest BCUT2D eigenvalue weighted by molar-refractivity contribution is 7.82. The van der Waals surface area contributed by atoms with Gasteiger partial charge in [0, 0.05) is 20.0 Å². The molecule has 0 aromatic carbocycles. The lowest BCUT2D eigenvalue weighted by molar-refractivity contribution is 0.813. The van der Waals surface area contributed by atoms with Crippen molar-refractivity contribution in [3.8, 4) is 0 Å². The van der Waals surface area contributed by atoms with Gasteiger partial charge >= 0.3 is 0 Å². The minimum Gasteiger partial charge on any atom is -0.378 e. The Balaban J connectivity index is 2.51. The van der Waals surface area contributed by atoms with Crippen LogP contribution in [0.3, 0.4) is 0 Å². The SMILES string of the molecule is CNC(=S)C1=NNCC1. The Morgan fingerprint density at radius 1 is 1.89 bits per heavy atom. The minimum atomic E-state index is 0.750. The number of hydrogen-bond acceptors (Lipinski definition) is 3. The summed E-state index contributed by atoms with van der Waals surface area (Å²) in [5.41, 5.74) is 3.81. The van der Waals surface area contributed by atoms with Gasteiger partial charge in [-0.2, -0.15) is 5.10 Å². The molecule has 0 fully saturated rings. The fourth-order valence-electron chi connectivity index (χ4n) is 0.690. The van der Waals surface area contributed by atoms with Crippen molar-refractivity contribution in [2.45, 2.75) is 6.42 Å². The smallest absolute Gasteiger partial charge is 0.122 e. The van der Waals surface area contributed by atoms with E-state index in [-0.39, 0.29) is 0 Å². The van der Waals surface area contributed by atoms with Crippen LogP contribution < -0.4 is 10.7 Å². The number of hydrogen-bond donors (Lipinski definition) is 2. The summed E-state index contributed by atoms with van der Waals surface area (Å²) >= 11 is 4.93. The monoisotopic (exact) mass is 143 g/mol. The van der Waals surface area contributed by atoms with Gasteiger partial charge in [-0.15, -0.1) is 0 Å². The van der Waals surface area contributed by atoms with Gasteiger partial charge in [0.2, 0.25) is 0 Å². The molecule has 0 saturated carbocycles. The van der Waals surface area contributed by atoms with E-state index in [1.54, 1.807) is 0 Å². The molecule has 0 unspecified atom stereocenters. The molecule has 1 rings (SSSR count). The van der Waals surface area contributed by atoms with E-state index < -0.39 is 0 Å². The highest BCUT2D eigenvalue weighted by Gasteiger charge is 2.08. The molecule has 0 bridgehead atoms. The fourth-order valence-corrected chi connectivity index (χ4v) is 0.838. The summed E-state index contributed by atoms with van der Waals surface area (Å²) in [5, 5.41) is 6.84. The molecule has 0 radical (unpaired) electrons. The highest BCUT2D eigenvalue weighted by Crippen LogP contribution is 1.93. The van der Waals surface area contributed by atoms with Crippen LogP contribution in [0.25, 0.3) is 0 Å². The molecule has 0 amide bonds. The second-order valence-electron chi connectivity index (χ2n) is 1.80. The van der Waals surface area contributed by atoms with Crippen molar-refractivity contribution < 1.29 is 0 Å². The van der Waals surface area contributed by atoms with Crippen molar-refractivity contribution in [1.29, 1.82) is 0 Å². The van der Waals surface area contributed by atoms with E-state index in [1.165, 1.54) is 0 Å². The Labute approximate surface area is 59.5 Å². The topological polar surface area (TPSA) is 36.4 Å². The standard InChI is InChI=1S/C5H9N3S/c1-6-5(9)4-2-3-7-8-4/h7H,2-3H2,1H3,(H,6,9). The van der Waals surface area contributed by atoms with Crippen molar-refractivity contribution in [1.82, 2.24) is 10.7 Å². The first kappa shape index (κ1) is 6.48. The molecule has 50 valence electrons. The number of nitrogens with one attached hydrogen (secondary N) is 2. The maximum Gasteiger partial charge on any atom is 0.122 e. The van der Waals surface area contributed by atoms with E-state index in [0.29, 0.717) is 0 Å². The molecule has 0 aliphatic carbocycles. The molecular formula is C5H9N3S. The van der Waals surface area contributed by atoms with E-state index in [0.717, 1.165) is 23.7 Å². The van der Waals surface area contributed by atoms with Crippen LogP contribution in [0.4, 0.5) is 0 Å². The number of nitrogens with zero attached hydrogens (tertiary/aromatic N) is 1. The van der Waals surface area contributed by atoms with Gasteiger partial charge in [0.05, 0.1) is 5.71 Å². The summed E-state index contributed by atoms with van der Waals surface area (Å²) in [7, 11) is 1.81. The third kappa shape index (κ3) is 1.38. The van der Waals surface area contributed by atoms with Crippen molar-refractivity contribution in [3.05, 3.63) is 0 Å². The van der Waals surface area contributed by atoms with Gasteiger partial charge in [-0.3, -0.25) is 0 Å². The Bertz CT molecular complexity index is 152. The molecule has 0 spiro atoms. The molecule has 1 heterocycles. The molecule has 0 atom stereocenters. The van der Waals surface area contributed by atoms with Gasteiger partial charge in [-0.05, 0) is 0 Å². The molecule has 9 heavy (non-hydrogen) atoms. The number of rotatable bonds is 1. The van der Waals surface area contributed by atoms with Crippen LogP contribution in [0.15, 0.2) is 5.10 Å². The van der Waals surface area contributed by atoms with Crippen LogP contribution in [0.1, 0.15) is 6.42 Å². The summed E-state index contributed by atoms with van der Waals surface area (Å²) in [6.45, 7) is 0.914. The first-order valence-electron chi connectivity index (χ1n) is 2.86. The van der Waals surface area contributed by atoms with Gasteiger partial charge in [0.25, 0.3) is 0 Å². The molecule has 2 N–H and O–H groups in total. The third-order valence-electron chi connectivity index (χ3n) is 1.18. The van der Waals surface area contributed by atoms with Gasteiger partial charge < -0.3 is 10.7 Å². The average molecular weight is 143 g/mol. The predicted octanol–water partition coefficient (Wildman–Crippen LogP) is -0.118. The average Bonchev–Trinajstić information content (AvgIpc) is 2.37. The highest BCUT2D eigenvalue weighted by atomic mass is 32.1. The summed E-state index contributed by atoms with van der Waals surface area (Å²) in [6.07, 6.45) is 0.944. The van der Waals surface area contributed by atoms with Gasteiger partial charge in [-0.1, -0.05) is 12.2 Å². The Hall–Kier alpha value is -0.640. The van der Waals surface area contributed by atoms with Crippen LogP contribution in [0.5, 0.6) is 0 Å². The lowest BCUT2D eigenvalue weighted by Crippen LogP contribution is -2.24. The molecule has 1 aliphatic heterocycles. The molecule has 1 aliphatic rings. The van der Waals surface area contributed by atoms with Crippen molar-refractivity contribution in [3.63, 3.8) is 0 Å². The fraction of sp³-hybridized carbons (Fsp3) is 0.600. The van der Waals surface area contributed by atoms with E-state index >= 15 is 0 Å². The van der Waals surface area contributed by atoms with Crippen LogP contribution in [-0.2, 0) is 0 Å². The van der Waals surface area contributed by atoms with E-state index in [2.05, 4.69) is 15.8 Å². The van der Waals surface area contributed by atoms with Crippen LogP contribution in [0.2, 0.25) is 0 Å². The van der Waals surface area contributed by atoms with Gasteiger partial charge in [0.15, 0.2) is 0 Å². The third-order valence-corrected chi connectivity index (χ3v) is 1.62. The van der Waals surface area contributed by atoms with Crippen LogP contribution >= 0.6 is 12.2 Å². The lowest BCUT2D eigenvalue weighted by atomic mass is 10.3.